The van der Waals surface area contributed by atoms with Crippen molar-refractivity contribution in [1.82, 2.24) is 24.8 Å². The molecule has 9 nitrogen and oxygen atoms in total. The van der Waals surface area contributed by atoms with Gasteiger partial charge in [-0.2, -0.15) is 15.2 Å². The molecule has 2 aliphatic heterocycles. The number of likely N-dealkylation sites (N-methyl/N-ethyl adjacent to an activating group) is 1. The minimum absolute atomic E-state index is 0.0507. The molecular weight excluding hydrogens is 579 g/mol. The Morgan fingerprint density at radius 1 is 1.21 bits per heavy atom. The standard InChI is InChI=1S/C30H28F3N7O2S/c1-17(31)29(41)40-12-11-39(15-19(40)7-9-34)28-21-14-35-26(23-22(32)6-5-18-8-13-43-27(18)23)24(33)25(21)36-30(37-28)42-16-20-4-3-10-38(20)2/h5-6,8,13-14,19-20H,1,3-4,7,10-12,15-16H2,2H3/t19-,20-/m0/s1. The normalized spacial score (nSPS) is 19.2. The van der Waals surface area contributed by atoms with Crippen molar-refractivity contribution in [3.8, 4) is 23.3 Å². The highest BCUT2D eigenvalue weighted by atomic mass is 32.1. The van der Waals surface area contributed by atoms with Crippen molar-refractivity contribution in [2.45, 2.75) is 31.3 Å². The van der Waals surface area contributed by atoms with Gasteiger partial charge in [-0.05, 0) is 49.3 Å². The highest BCUT2D eigenvalue weighted by Crippen LogP contribution is 2.38. The number of hydrogen-bond donors (Lipinski definition) is 0. The summed E-state index contributed by atoms with van der Waals surface area (Å²) in [6.07, 6.45) is 3.32. The Bertz CT molecular complexity index is 1770. The number of piperazine rings is 1. The fourth-order valence-electron chi connectivity index (χ4n) is 5.84. The average Bonchev–Trinajstić information content (AvgIpc) is 3.65. The number of ether oxygens (including phenoxy) is 1. The van der Waals surface area contributed by atoms with Crippen molar-refractivity contribution in [2.75, 3.05) is 44.7 Å². The summed E-state index contributed by atoms with van der Waals surface area (Å²) in [5, 5.41) is 12.3. The summed E-state index contributed by atoms with van der Waals surface area (Å²) in [6.45, 7) is 4.76. The van der Waals surface area contributed by atoms with Gasteiger partial charge >= 0.3 is 6.01 Å². The van der Waals surface area contributed by atoms with Gasteiger partial charge in [0.2, 0.25) is 0 Å². The van der Waals surface area contributed by atoms with E-state index in [1.54, 1.807) is 16.3 Å². The van der Waals surface area contributed by atoms with Crippen molar-refractivity contribution in [3.05, 3.63) is 53.8 Å². The smallest absolute Gasteiger partial charge is 0.319 e. The Balaban J connectivity index is 1.45. The molecule has 0 radical (unpaired) electrons. The van der Waals surface area contributed by atoms with Gasteiger partial charge in [0.25, 0.3) is 5.91 Å². The maximum atomic E-state index is 16.4. The van der Waals surface area contributed by atoms with Crippen LogP contribution in [0.3, 0.4) is 0 Å². The van der Waals surface area contributed by atoms with Gasteiger partial charge in [0.1, 0.15) is 29.5 Å². The zero-order chi connectivity index (χ0) is 30.2. The fraction of sp³-hybridized carbons (Fsp3) is 0.367. The second-order valence-corrected chi connectivity index (χ2v) is 11.6. The van der Waals surface area contributed by atoms with Crippen LogP contribution in [0.25, 0.3) is 32.2 Å². The molecule has 222 valence electrons. The molecule has 3 aromatic heterocycles. The molecule has 1 aromatic carbocycles. The lowest BCUT2D eigenvalue weighted by Crippen LogP contribution is -2.55. The molecule has 0 bridgehead atoms. The number of fused-ring (bicyclic) bond motifs is 2. The summed E-state index contributed by atoms with van der Waals surface area (Å²) in [7, 11) is 2.01. The number of halogens is 3. The number of anilines is 1. The van der Waals surface area contributed by atoms with E-state index in [0.29, 0.717) is 17.1 Å². The summed E-state index contributed by atoms with van der Waals surface area (Å²) in [4.78, 5) is 31.1. The third kappa shape index (κ3) is 5.36. The summed E-state index contributed by atoms with van der Waals surface area (Å²) in [5.41, 5.74) is -0.219. The predicted octanol–water partition coefficient (Wildman–Crippen LogP) is 5.07. The molecular formula is C30H28F3N7O2S. The quantitative estimate of drug-likeness (QED) is 0.269. The third-order valence-corrected chi connectivity index (χ3v) is 9.08. The van der Waals surface area contributed by atoms with E-state index >= 15 is 8.78 Å². The van der Waals surface area contributed by atoms with Gasteiger partial charge in [-0.1, -0.05) is 12.6 Å². The number of carbonyl (C=O) groups is 1. The first kappa shape index (κ1) is 28.8. The summed E-state index contributed by atoms with van der Waals surface area (Å²) in [6, 6.07) is 6.23. The molecule has 43 heavy (non-hydrogen) atoms. The Morgan fingerprint density at radius 2 is 2.05 bits per heavy atom. The molecule has 0 saturated carbocycles. The zero-order valence-electron chi connectivity index (χ0n) is 23.4. The molecule has 5 heterocycles. The van der Waals surface area contributed by atoms with Crippen LogP contribution in [0.1, 0.15) is 19.3 Å². The van der Waals surface area contributed by atoms with E-state index in [4.69, 9.17) is 4.74 Å². The first-order chi connectivity index (χ1) is 20.8. The predicted molar refractivity (Wildman–Crippen MR) is 157 cm³/mol. The van der Waals surface area contributed by atoms with Crippen LogP contribution in [-0.2, 0) is 4.79 Å². The number of likely N-dealkylation sites (tertiary alicyclic amines) is 1. The lowest BCUT2D eigenvalue weighted by atomic mass is 10.1. The van der Waals surface area contributed by atoms with Crippen molar-refractivity contribution >= 4 is 44.1 Å². The second-order valence-electron chi connectivity index (χ2n) is 10.7. The number of pyridine rings is 1. The number of nitrogens with zero attached hydrogens (tertiary/aromatic N) is 7. The van der Waals surface area contributed by atoms with Crippen molar-refractivity contribution in [1.29, 1.82) is 5.26 Å². The van der Waals surface area contributed by atoms with Crippen LogP contribution in [0, 0.1) is 23.0 Å². The molecule has 0 N–H and O–H groups in total. The Labute approximate surface area is 249 Å². The van der Waals surface area contributed by atoms with E-state index in [-0.39, 0.29) is 60.3 Å². The van der Waals surface area contributed by atoms with Gasteiger partial charge in [-0.25, -0.2) is 13.2 Å². The van der Waals surface area contributed by atoms with E-state index in [9.17, 15) is 14.4 Å². The van der Waals surface area contributed by atoms with Gasteiger partial charge in [-0.15, -0.1) is 11.3 Å². The minimum Gasteiger partial charge on any atom is -0.462 e. The highest BCUT2D eigenvalue weighted by Gasteiger charge is 2.34. The fourth-order valence-corrected chi connectivity index (χ4v) is 6.78. The maximum Gasteiger partial charge on any atom is 0.319 e. The molecule has 0 aliphatic carbocycles. The van der Waals surface area contributed by atoms with E-state index in [2.05, 4.69) is 26.4 Å². The van der Waals surface area contributed by atoms with Crippen molar-refractivity contribution < 1.29 is 22.7 Å². The van der Waals surface area contributed by atoms with Crippen LogP contribution in [-0.4, -0.2) is 82.6 Å². The number of hydrogen-bond acceptors (Lipinski definition) is 9. The molecule has 1 amide bonds. The van der Waals surface area contributed by atoms with Crippen LogP contribution in [0.5, 0.6) is 6.01 Å². The molecule has 2 atom stereocenters. The molecule has 0 spiro atoms. The van der Waals surface area contributed by atoms with E-state index in [1.165, 1.54) is 28.5 Å². The second kappa shape index (κ2) is 11.8. The highest BCUT2D eigenvalue weighted by molar-refractivity contribution is 7.17. The molecule has 13 heteroatoms. The van der Waals surface area contributed by atoms with Crippen LogP contribution in [0.2, 0.25) is 0 Å². The first-order valence-electron chi connectivity index (χ1n) is 13.9. The van der Waals surface area contributed by atoms with Gasteiger partial charge < -0.3 is 19.4 Å². The number of rotatable bonds is 7. The largest absolute Gasteiger partial charge is 0.462 e. The summed E-state index contributed by atoms with van der Waals surface area (Å²) < 4.78 is 51.9. The number of benzene rings is 1. The number of aromatic nitrogens is 3. The maximum absolute atomic E-state index is 16.4. The SMILES string of the molecule is C=C(F)C(=O)N1CCN(c2nc(OC[C@@H]3CCCN3C)nc3c(F)c(-c4c(F)ccc5ccsc45)ncc23)C[C@@H]1CC#N. The monoisotopic (exact) mass is 607 g/mol. The summed E-state index contributed by atoms with van der Waals surface area (Å²) >= 11 is 1.29. The molecule has 6 rings (SSSR count). The van der Waals surface area contributed by atoms with E-state index in [0.717, 1.165) is 24.8 Å². The Kier molecular flexibility index (Phi) is 7.89. The minimum atomic E-state index is -1.11. The van der Waals surface area contributed by atoms with Gasteiger partial charge in [0.15, 0.2) is 11.6 Å². The van der Waals surface area contributed by atoms with E-state index < -0.39 is 29.4 Å². The zero-order valence-corrected chi connectivity index (χ0v) is 24.2. The van der Waals surface area contributed by atoms with Gasteiger partial charge in [0, 0.05) is 36.6 Å². The molecule has 2 saturated heterocycles. The Hall–Kier alpha value is -4.28. The van der Waals surface area contributed by atoms with Crippen LogP contribution < -0.4 is 9.64 Å². The van der Waals surface area contributed by atoms with Crippen LogP contribution in [0.15, 0.2) is 42.2 Å². The topological polar surface area (TPSA) is 98.5 Å². The Morgan fingerprint density at radius 3 is 2.79 bits per heavy atom. The molecule has 2 aliphatic rings. The number of amides is 1. The first-order valence-corrected chi connectivity index (χ1v) is 14.8. The van der Waals surface area contributed by atoms with Gasteiger partial charge in [-0.3, -0.25) is 9.78 Å². The third-order valence-electron chi connectivity index (χ3n) is 8.13. The number of nitriles is 1. The van der Waals surface area contributed by atoms with Gasteiger partial charge in [0.05, 0.1) is 29.5 Å². The lowest BCUT2D eigenvalue weighted by molar-refractivity contribution is -0.131. The number of carbonyl (C=O) groups excluding carboxylic acids is 1. The summed E-state index contributed by atoms with van der Waals surface area (Å²) in [5.74, 6) is -3.12. The van der Waals surface area contributed by atoms with Crippen LogP contribution in [0.4, 0.5) is 19.0 Å². The molecule has 0 unspecified atom stereocenters. The average molecular weight is 608 g/mol. The van der Waals surface area contributed by atoms with Crippen molar-refractivity contribution in [3.63, 3.8) is 0 Å². The van der Waals surface area contributed by atoms with Crippen molar-refractivity contribution in [2.24, 2.45) is 0 Å². The van der Waals surface area contributed by atoms with E-state index in [1.807, 2.05) is 19.2 Å². The van der Waals surface area contributed by atoms with Crippen LogP contribution >= 0.6 is 11.3 Å². The molecule has 4 aromatic rings. The molecule has 2 fully saturated rings. The lowest BCUT2D eigenvalue weighted by Gasteiger charge is -2.41. The number of thiophene rings is 1.